The van der Waals surface area contributed by atoms with Gasteiger partial charge in [0.15, 0.2) is 0 Å². The lowest BCUT2D eigenvalue weighted by molar-refractivity contribution is -0.128. The summed E-state index contributed by atoms with van der Waals surface area (Å²) in [4.78, 5) is 11.7. The third-order valence-corrected chi connectivity index (χ3v) is 3.91. The van der Waals surface area contributed by atoms with Crippen LogP contribution in [0.25, 0.3) is 0 Å². The maximum atomic E-state index is 11.7. The van der Waals surface area contributed by atoms with Crippen LogP contribution in [-0.2, 0) is 11.2 Å². The Morgan fingerprint density at radius 2 is 2.05 bits per heavy atom. The minimum absolute atomic E-state index is 0.103. The molecule has 0 aromatic heterocycles. The highest BCUT2D eigenvalue weighted by Crippen LogP contribution is 2.26. The second kappa shape index (κ2) is 6.20. The van der Waals surface area contributed by atoms with Gasteiger partial charge in [0.2, 0.25) is 5.91 Å². The fourth-order valence-electron chi connectivity index (χ4n) is 2.24. The lowest BCUT2D eigenvalue weighted by Crippen LogP contribution is -2.44. The molecule has 3 heteroatoms. The third-order valence-electron chi connectivity index (χ3n) is 3.91. The Balaban J connectivity index is 1.73. The van der Waals surface area contributed by atoms with Gasteiger partial charge in [-0.05, 0) is 38.2 Å². The van der Waals surface area contributed by atoms with Gasteiger partial charge in [0.1, 0.15) is 0 Å². The summed E-state index contributed by atoms with van der Waals surface area (Å²) in [6.45, 7) is 2.13. The van der Waals surface area contributed by atoms with Crippen LogP contribution >= 0.6 is 0 Å². The molecule has 0 saturated heterocycles. The Labute approximate surface area is 115 Å². The quantitative estimate of drug-likeness (QED) is 0.825. The van der Waals surface area contributed by atoms with E-state index in [0.29, 0.717) is 13.0 Å². The summed E-state index contributed by atoms with van der Waals surface area (Å²) in [5, 5.41) is 13.2. The molecule has 0 heterocycles. The van der Waals surface area contributed by atoms with Gasteiger partial charge in [-0.1, -0.05) is 36.8 Å². The molecule has 0 bridgehead atoms. The topological polar surface area (TPSA) is 49.3 Å². The predicted octanol–water partition coefficient (Wildman–Crippen LogP) is 2.29. The number of nitrogens with one attached hydrogen (secondary N) is 1. The van der Waals surface area contributed by atoms with Crippen molar-refractivity contribution in [1.29, 1.82) is 0 Å². The standard InChI is InChI=1S/C16H23NO2/c1-16(19,11-10-13-6-3-2-4-7-13)12-17-15(18)14-8-5-9-14/h2-4,6-7,14,19H,5,8-12H2,1H3,(H,17,18)/t16-/m1/s1. The zero-order valence-electron chi connectivity index (χ0n) is 11.6. The van der Waals surface area contributed by atoms with Crippen molar-refractivity contribution < 1.29 is 9.90 Å². The van der Waals surface area contributed by atoms with Crippen molar-refractivity contribution in [2.75, 3.05) is 6.54 Å². The van der Waals surface area contributed by atoms with E-state index in [1.165, 1.54) is 5.56 Å². The fraction of sp³-hybridized carbons (Fsp3) is 0.562. The SMILES string of the molecule is C[C@@](O)(CCc1ccccc1)CNC(=O)C1CCC1. The van der Waals surface area contributed by atoms with Crippen LogP contribution in [0, 0.1) is 5.92 Å². The third kappa shape index (κ3) is 4.35. The smallest absolute Gasteiger partial charge is 0.223 e. The average molecular weight is 261 g/mol. The van der Waals surface area contributed by atoms with E-state index < -0.39 is 5.60 Å². The number of carbonyl (C=O) groups is 1. The highest BCUT2D eigenvalue weighted by molar-refractivity contribution is 5.79. The second-order valence-electron chi connectivity index (χ2n) is 5.83. The Bertz CT molecular complexity index is 410. The molecule has 0 unspecified atom stereocenters. The van der Waals surface area contributed by atoms with Crippen molar-refractivity contribution in [3.63, 3.8) is 0 Å². The van der Waals surface area contributed by atoms with Gasteiger partial charge in [0.25, 0.3) is 0 Å². The van der Waals surface area contributed by atoms with E-state index in [-0.39, 0.29) is 11.8 Å². The molecule has 1 aromatic rings. The highest BCUT2D eigenvalue weighted by Gasteiger charge is 2.27. The number of aliphatic hydroxyl groups is 1. The van der Waals surface area contributed by atoms with Gasteiger partial charge < -0.3 is 10.4 Å². The molecular formula is C16H23NO2. The summed E-state index contributed by atoms with van der Waals surface area (Å²) >= 11 is 0. The maximum Gasteiger partial charge on any atom is 0.223 e. The van der Waals surface area contributed by atoms with Gasteiger partial charge in [0.05, 0.1) is 5.60 Å². The Hall–Kier alpha value is -1.35. The zero-order valence-corrected chi connectivity index (χ0v) is 11.6. The molecule has 1 aliphatic carbocycles. The molecule has 104 valence electrons. The first-order valence-electron chi connectivity index (χ1n) is 7.11. The number of carbonyl (C=O) groups excluding carboxylic acids is 1. The molecule has 1 amide bonds. The Kier molecular flexibility index (Phi) is 4.59. The van der Waals surface area contributed by atoms with E-state index >= 15 is 0 Å². The minimum atomic E-state index is -0.838. The first-order chi connectivity index (χ1) is 9.07. The highest BCUT2D eigenvalue weighted by atomic mass is 16.3. The predicted molar refractivity (Wildman–Crippen MR) is 75.7 cm³/mol. The first-order valence-corrected chi connectivity index (χ1v) is 7.11. The monoisotopic (exact) mass is 261 g/mol. The normalized spacial score (nSPS) is 18.4. The second-order valence-corrected chi connectivity index (χ2v) is 5.83. The van der Waals surface area contributed by atoms with Crippen molar-refractivity contribution in [3.8, 4) is 0 Å². The number of rotatable bonds is 6. The molecule has 19 heavy (non-hydrogen) atoms. The molecule has 0 radical (unpaired) electrons. The maximum absolute atomic E-state index is 11.7. The van der Waals surface area contributed by atoms with Crippen LogP contribution in [0.5, 0.6) is 0 Å². The van der Waals surface area contributed by atoms with Crippen molar-refractivity contribution in [2.45, 2.75) is 44.6 Å². The number of aryl methyl sites for hydroxylation is 1. The van der Waals surface area contributed by atoms with Gasteiger partial charge in [-0.15, -0.1) is 0 Å². The van der Waals surface area contributed by atoms with Crippen LogP contribution < -0.4 is 5.32 Å². The fourth-order valence-corrected chi connectivity index (χ4v) is 2.24. The lowest BCUT2D eigenvalue weighted by Gasteiger charge is -2.28. The van der Waals surface area contributed by atoms with Gasteiger partial charge in [0, 0.05) is 12.5 Å². The molecule has 1 atom stereocenters. The molecule has 2 rings (SSSR count). The molecule has 0 aliphatic heterocycles. The van der Waals surface area contributed by atoms with Crippen LogP contribution in [0.2, 0.25) is 0 Å². The Morgan fingerprint density at radius 3 is 2.63 bits per heavy atom. The molecule has 1 aliphatic rings. The molecule has 2 N–H and O–H groups in total. The number of benzene rings is 1. The van der Waals surface area contributed by atoms with Crippen molar-refractivity contribution in [3.05, 3.63) is 35.9 Å². The van der Waals surface area contributed by atoms with Gasteiger partial charge in [-0.3, -0.25) is 4.79 Å². The largest absolute Gasteiger partial charge is 0.388 e. The summed E-state index contributed by atoms with van der Waals surface area (Å²) in [5.74, 6) is 0.288. The molecule has 1 aromatic carbocycles. The van der Waals surface area contributed by atoms with Crippen molar-refractivity contribution >= 4 is 5.91 Å². The number of amides is 1. The van der Waals surface area contributed by atoms with E-state index in [1.54, 1.807) is 6.92 Å². The summed E-state index contributed by atoms with van der Waals surface area (Å²) < 4.78 is 0. The van der Waals surface area contributed by atoms with Crippen LogP contribution in [0.15, 0.2) is 30.3 Å². The van der Waals surface area contributed by atoms with E-state index in [4.69, 9.17) is 0 Å². The zero-order chi connectivity index (χ0) is 13.7. The van der Waals surface area contributed by atoms with Crippen LogP contribution in [0.4, 0.5) is 0 Å². The molecule has 3 nitrogen and oxygen atoms in total. The van der Waals surface area contributed by atoms with Crippen molar-refractivity contribution in [1.82, 2.24) is 5.32 Å². The summed E-state index contributed by atoms with van der Waals surface area (Å²) in [6, 6.07) is 10.1. The summed E-state index contributed by atoms with van der Waals surface area (Å²) in [7, 11) is 0. The Morgan fingerprint density at radius 1 is 1.37 bits per heavy atom. The number of hydrogen-bond acceptors (Lipinski definition) is 2. The number of hydrogen-bond donors (Lipinski definition) is 2. The van der Waals surface area contributed by atoms with Gasteiger partial charge in [-0.25, -0.2) is 0 Å². The van der Waals surface area contributed by atoms with E-state index in [2.05, 4.69) is 17.4 Å². The van der Waals surface area contributed by atoms with Crippen LogP contribution in [-0.4, -0.2) is 23.2 Å². The van der Waals surface area contributed by atoms with Crippen LogP contribution in [0.3, 0.4) is 0 Å². The summed E-state index contributed by atoms with van der Waals surface area (Å²) in [5.41, 5.74) is 0.378. The molecule has 0 spiro atoms. The molecule has 1 fully saturated rings. The van der Waals surface area contributed by atoms with E-state index in [9.17, 15) is 9.90 Å². The minimum Gasteiger partial charge on any atom is -0.388 e. The average Bonchev–Trinajstić information content (AvgIpc) is 2.34. The van der Waals surface area contributed by atoms with E-state index in [1.807, 2.05) is 18.2 Å². The lowest BCUT2D eigenvalue weighted by atomic mass is 9.84. The first kappa shape index (κ1) is 14.1. The summed E-state index contributed by atoms with van der Waals surface area (Å²) in [6.07, 6.45) is 4.63. The van der Waals surface area contributed by atoms with E-state index in [0.717, 1.165) is 25.7 Å². The van der Waals surface area contributed by atoms with Gasteiger partial charge >= 0.3 is 0 Å². The van der Waals surface area contributed by atoms with Crippen molar-refractivity contribution in [2.24, 2.45) is 5.92 Å². The van der Waals surface area contributed by atoms with Gasteiger partial charge in [-0.2, -0.15) is 0 Å². The van der Waals surface area contributed by atoms with Crippen LogP contribution in [0.1, 0.15) is 38.2 Å². The molecule has 1 saturated carbocycles. The molecular weight excluding hydrogens is 238 g/mol.